The maximum atomic E-state index is 11.7. The Hall–Kier alpha value is -2.12. The van der Waals surface area contributed by atoms with Gasteiger partial charge in [-0.15, -0.1) is 0 Å². The van der Waals surface area contributed by atoms with Gasteiger partial charge in [-0.2, -0.15) is 13.2 Å². The average molecular weight is 578 g/mol. The van der Waals surface area contributed by atoms with E-state index in [0.29, 0.717) is 31.6 Å². The fourth-order valence-corrected chi connectivity index (χ4v) is 3.47. The van der Waals surface area contributed by atoms with Crippen LogP contribution in [0.1, 0.15) is 24.8 Å². The van der Waals surface area contributed by atoms with E-state index in [1.54, 1.807) is 13.2 Å². The van der Waals surface area contributed by atoms with Gasteiger partial charge in [-0.05, 0) is 74.9 Å². The third-order valence-electron chi connectivity index (χ3n) is 3.45. The predicted molar refractivity (Wildman–Crippen MR) is 114 cm³/mol. The smallest absolute Gasteiger partial charge is 0.490 e. The molecule has 1 aromatic rings. The quantitative estimate of drug-likeness (QED) is 0.260. The van der Waals surface area contributed by atoms with Crippen LogP contribution in [0.25, 0.3) is 6.08 Å². The minimum absolute atomic E-state index is 0.208. The Morgan fingerprint density at radius 2 is 1.71 bits per heavy atom. The number of hydrogen-bond acceptors (Lipinski definition) is 5. The molecule has 0 fully saturated rings. The van der Waals surface area contributed by atoms with Gasteiger partial charge < -0.3 is 26.0 Å². The van der Waals surface area contributed by atoms with Gasteiger partial charge in [0, 0.05) is 12.6 Å². The summed E-state index contributed by atoms with van der Waals surface area (Å²) in [6, 6.07) is 2.86. The molecule has 8 nitrogen and oxygen atoms in total. The summed E-state index contributed by atoms with van der Waals surface area (Å²) in [5.41, 5.74) is 6.25. The highest BCUT2D eigenvalue weighted by Crippen LogP contribution is 2.34. The zero-order valence-electron chi connectivity index (χ0n) is 16.2. The first-order chi connectivity index (χ1) is 14.3. The van der Waals surface area contributed by atoms with Crippen molar-refractivity contribution in [1.29, 1.82) is 0 Å². The number of aliphatic carboxylic acids is 2. The number of unbranched alkanes of at least 4 members (excludes halogenated alkanes) is 1. The van der Waals surface area contributed by atoms with E-state index < -0.39 is 24.2 Å². The van der Waals surface area contributed by atoms with Gasteiger partial charge in [0.1, 0.15) is 11.8 Å². The van der Waals surface area contributed by atoms with Gasteiger partial charge in [-0.25, -0.2) is 4.79 Å². The van der Waals surface area contributed by atoms with Gasteiger partial charge >= 0.3 is 18.1 Å². The van der Waals surface area contributed by atoms with Crippen LogP contribution in [-0.2, 0) is 14.4 Å². The fraction of sp³-hybridized carbons (Fsp3) is 0.389. The van der Waals surface area contributed by atoms with E-state index in [2.05, 4.69) is 37.2 Å². The molecule has 0 aliphatic rings. The van der Waals surface area contributed by atoms with Crippen LogP contribution in [0.15, 0.2) is 27.2 Å². The zero-order chi connectivity index (χ0) is 24.2. The molecule has 1 rings (SSSR count). The van der Waals surface area contributed by atoms with Crippen LogP contribution < -0.4 is 15.8 Å². The molecule has 0 radical (unpaired) electrons. The van der Waals surface area contributed by atoms with E-state index in [1.807, 2.05) is 12.1 Å². The number of carboxylic acids is 2. The minimum Gasteiger partial charge on any atom is -0.494 e. The van der Waals surface area contributed by atoms with E-state index in [9.17, 15) is 22.8 Å². The van der Waals surface area contributed by atoms with Crippen molar-refractivity contribution in [2.24, 2.45) is 5.73 Å². The molecule has 0 aromatic heterocycles. The Kier molecular flexibility index (Phi) is 13.1. The highest BCUT2D eigenvalue weighted by Gasteiger charge is 2.38. The lowest BCUT2D eigenvalue weighted by atomic mass is 10.1. The summed E-state index contributed by atoms with van der Waals surface area (Å²) >= 11 is 6.81. The molecule has 1 amide bonds. The first-order valence-corrected chi connectivity index (χ1v) is 10.2. The third kappa shape index (κ3) is 12.4. The maximum Gasteiger partial charge on any atom is 0.490 e. The van der Waals surface area contributed by atoms with Crippen LogP contribution in [0, 0.1) is 0 Å². The number of benzene rings is 1. The highest BCUT2D eigenvalue weighted by molar-refractivity contribution is 9.11. The molecule has 13 heteroatoms. The van der Waals surface area contributed by atoms with Crippen molar-refractivity contribution in [1.82, 2.24) is 5.32 Å². The normalized spacial score (nSPS) is 12.0. The number of nitrogens with one attached hydrogen (secondary N) is 1. The van der Waals surface area contributed by atoms with Crippen LogP contribution in [0.4, 0.5) is 13.2 Å². The number of carbonyl (C=O) groups is 3. The van der Waals surface area contributed by atoms with Crippen molar-refractivity contribution in [3.63, 3.8) is 0 Å². The summed E-state index contributed by atoms with van der Waals surface area (Å²) < 4.78 is 38.5. The van der Waals surface area contributed by atoms with E-state index in [1.165, 1.54) is 6.08 Å². The summed E-state index contributed by atoms with van der Waals surface area (Å²) in [6.45, 7) is 0.478. The van der Waals surface area contributed by atoms with Crippen LogP contribution in [0.3, 0.4) is 0 Å². The van der Waals surface area contributed by atoms with E-state index in [4.69, 9.17) is 25.5 Å². The summed E-state index contributed by atoms with van der Waals surface area (Å²) in [6.07, 6.45) is -0.209. The van der Waals surface area contributed by atoms with Crippen LogP contribution >= 0.6 is 31.9 Å². The van der Waals surface area contributed by atoms with Crippen molar-refractivity contribution < 1.29 is 42.5 Å². The van der Waals surface area contributed by atoms with E-state index in [0.717, 1.165) is 14.5 Å². The Labute approximate surface area is 192 Å². The van der Waals surface area contributed by atoms with Crippen molar-refractivity contribution in [2.75, 3.05) is 13.7 Å². The maximum absolute atomic E-state index is 11.7. The molecule has 0 aliphatic heterocycles. The van der Waals surface area contributed by atoms with E-state index >= 15 is 0 Å². The number of alkyl halides is 3. The Bertz CT molecular complexity index is 780. The monoisotopic (exact) mass is 576 g/mol. The summed E-state index contributed by atoms with van der Waals surface area (Å²) in [5, 5.41) is 18.5. The fourth-order valence-electron chi connectivity index (χ4n) is 1.93. The number of ether oxygens (including phenoxy) is 1. The zero-order valence-corrected chi connectivity index (χ0v) is 19.4. The Balaban J connectivity index is 0.00000110. The van der Waals surface area contributed by atoms with Crippen molar-refractivity contribution >= 4 is 55.8 Å². The number of carboxylic acid groups (broad SMARTS) is 2. The lowest BCUT2D eigenvalue weighted by Gasteiger charge is -2.07. The molecule has 0 saturated carbocycles. The number of carbonyl (C=O) groups excluding carboxylic acids is 1. The van der Waals surface area contributed by atoms with Crippen molar-refractivity contribution in [3.8, 4) is 5.75 Å². The van der Waals surface area contributed by atoms with Crippen LogP contribution in [0.2, 0.25) is 0 Å². The second-order valence-corrected chi connectivity index (χ2v) is 7.59. The predicted octanol–water partition coefficient (Wildman–Crippen LogP) is 3.57. The molecule has 0 unspecified atom stereocenters. The number of amides is 1. The molecule has 5 N–H and O–H groups in total. The minimum atomic E-state index is -5.08. The molecule has 0 bridgehead atoms. The first kappa shape index (κ1) is 28.9. The molecular weight excluding hydrogens is 557 g/mol. The van der Waals surface area contributed by atoms with Crippen molar-refractivity contribution in [2.45, 2.75) is 31.5 Å². The number of hydrogen-bond donors (Lipinski definition) is 4. The van der Waals surface area contributed by atoms with E-state index in [-0.39, 0.29) is 5.91 Å². The molecule has 1 aromatic carbocycles. The molecule has 0 saturated heterocycles. The summed E-state index contributed by atoms with van der Waals surface area (Å²) in [7, 11) is 1.58. The van der Waals surface area contributed by atoms with Gasteiger partial charge in [-0.3, -0.25) is 9.59 Å². The third-order valence-corrected chi connectivity index (χ3v) is 4.63. The lowest BCUT2D eigenvalue weighted by Crippen LogP contribution is -2.30. The molecule has 31 heavy (non-hydrogen) atoms. The number of methoxy groups -OCH3 is 1. The van der Waals surface area contributed by atoms with Gasteiger partial charge in [0.2, 0.25) is 5.91 Å². The number of rotatable bonds is 9. The van der Waals surface area contributed by atoms with Crippen molar-refractivity contribution in [3.05, 3.63) is 32.7 Å². The van der Waals surface area contributed by atoms with Gasteiger partial charge in [-0.1, -0.05) is 0 Å². The highest BCUT2D eigenvalue weighted by atomic mass is 79.9. The first-order valence-electron chi connectivity index (χ1n) is 8.57. The largest absolute Gasteiger partial charge is 0.494 e. The molecule has 0 spiro atoms. The summed E-state index contributed by atoms with van der Waals surface area (Å²) in [5.74, 6) is -3.27. The SMILES string of the molecule is COc1c(Br)cc(/C=C/C(=O)NCCCC[C@@H](N)C(=O)O)cc1Br.O=C(O)C(F)(F)F. The lowest BCUT2D eigenvalue weighted by molar-refractivity contribution is -0.192. The Morgan fingerprint density at radius 1 is 1.19 bits per heavy atom. The Morgan fingerprint density at radius 3 is 2.13 bits per heavy atom. The number of halogens is 5. The summed E-state index contributed by atoms with van der Waals surface area (Å²) in [4.78, 5) is 31.2. The topological polar surface area (TPSA) is 139 Å². The standard InChI is InChI=1S/C16H20Br2N2O4.C2HF3O2/c1-24-15-11(17)8-10(9-12(15)18)5-6-14(21)20-7-3-2-4-13(19)16(22)23;3-2(4,5)1(6)7/h5-6,8-9,13H,2-4,7,19H2,1H3,(H,20,21)(H,22,23);(H,6,7)/b6-5+;/t13-;/m1./s1. The second-order valence-electron chi connectivity index (χ2n) is 5.89. The van der Waals surface area contributed by atoms with Crippen LogP contribution in [-0.4, -0.2) is 53.9 Å². The number of nitrogens with two attached hydrogens (primary N) is 1. The van der Waals surface area contributed by atoms with Gasteiger partial charge in [0.05, 0.1) is 16.1 Å². The van der Waals surface area contributed by atoms with Crippen LogP contribution in [0.5, 0.6) is 5.75 Å². The van der Waals surface area contributed by atoms with Gasteiger partial charge in [0.15, 0.2) is 0 Å². The second kappa shape index (κ2) is 14.0. The average Bonchev–Trinajstić information content (AvgIpc) is 2.65. The molecular formula is C18H21Br2F3N2O6. The van der Waals surface area contributed by atoms with Gasteiger partial charge in [0.25, 0.3) is 0 Å². The molecule has 174 valence electrons. The molecule has 1 atom stereocenters. The molecule has 0 heterocycles. The molecule has 0 aliphatic carbocycles.